The van der Waals surface area contributed by atoms with Crippen LogP contribution in [0, 0.1) is 5.92 Å². The zero-order valence-electron chi connectivity index (χ0n) is 11.8. The minimum absolute atomic E-state index is 0.193. The Labute approximate surface area is 112 Å². The first-order chi connectivity index (χ1) is 8.81. The Morgan fingerprint density at radius 3 is 2.26 bits per heavy atom. The molecule has 0 spiro atoms. The number of likely N-dealkylation sites (N-methyl/N-ethyl adjacent to an activating group) is 1. The summed E-state index contributed by atoms with van der Waals surface area (Å²) in [5, 5.41) is 11.2. The fraction of sp³-hybridized carbons (Fsp3) is 0.750. The predicted octanol–water partition coefficient (Wildman–Crippen LogP) is 0.690. The number of ether oxygens (including phenoxy) is 1. The summed E-state index contributed by atoms with van der Waals surface area (Å²) in [6, 6.07) is -1.35. The van der Waals surface area contributed by atoms with Crippen molar-refractivity contribution in [2.75, 3.05) is 20.2 Å². The third kappa shape index (κ3) is 6.64. The van der Waals surface area contributed by atoms with Crippen molar-refractivity contribution >= 4 is 18.0 Å². The van der Waals surface area contributed by atoms with Gasteiger partial charge in [0.2, 0.25) is 0 Å². The first-order valence-electron chi connectivity index (χ1n) is 6.16. The standard InChI is InChI=1S/C12H22N2O5/c1-5-14(7-10(15)16)12(18)13-9(6-8(2)3)11(17)19-4/h8-9H,5-7H2,1-4H3,(H,13,18)(H,15,16). The first-order valence-corrected chi connectivity index (χ1v) is 6.16. The lowest BCUT2D eigenvalue weighted by atomic mass is 10.0. The van der Waals surface area contributed by atoms with Gasteiger partial charge in [-0.25, -0.2) is 9.59 Å². The molecule has 2 amide bonds. The summed E-state index contributed by atoms with van der Waals surface area (Å²) >= 11 is 0. The number of nitrogens with one attached hydrogen (secondary N) is 1. The molecule has 0 aliphatic rings. The fourth-order valence-electron chi connectivity index (χ4n) is 1.56. The quantitative estimate of drug-likeness (QED) is 0.666. The number of carboxylic acid groups (broad SMARTS) is 1. The predicted molar refractivity (Wildman–Crippen MR) is 68.7 cm³/mol. The van der Waals surface area contributed by atoms with Crippen LogP contribution in [0.5, 0.6) is 0 Å². The van der Waals surface area contributed by atoms with Crippen LogP contribution in [0.1, 0.15) is 27.2 Å². The van der Waals surface area contributed by atoms with Gasteiger partial charge in [0.1, 0.15) is 12.6 Å². The lowest BCUT2D eigenvalue weighted by Gasteiger charge is -2.24. The molecular weight excluding hydrogens is 252 g/mol. The monoisotopic (exact) mass is 274 g/mol. The van der Waals surface area contributed by atoms with Gasteiger partial charge >= 0.3 is 18.0 Å². The van der Waals surface area contributed by atoms with Crippen molar-refractivity contribution in [2.45, 2.75) is 33.2 Å². The number of amides is 2. The first kappa shape index (κ1) is 17.2. The third-order valence-electron chi connectivity index (χ3n) is 2.49. The molecule has 0 aromatic carbocycles. The summed E-state index contributed by atoms with van der Waals surface area (Å²) in [6.45, 7) is 5.33. The highest BCUT2D eigenvalue weighted by molar-refractivity contribution is 5.85. The van der Waals surface area contributed by atoms with Crippen LogP contribution in [0.15, 0.2) is 0 Å². The summed E-state index contributed by atoms with van der Waals surface area (Å²) < 4.78 is 4.62. The topological polar surface area (TPSA) is 95.9 Å². The smallest absolute Gasteiger partial charge is 0.328 e. The molecule has 1 unspecified atom stereocenters. The maximum absolute atomic E-state index is 11.9. The molecule has 7 nitrogen and oxygen atoms in total. The van der Waals surface area contributed by atoms with E-state index >= 15 is 0 Å². The molecule has 0 saturated heterocycles. The molecule has 0 aliphatic carbocycles. The maximum atomic E-state index is 11.9. The van der Waals surface area contributed by atoms with Crippen LogP contribution in [0.25, 0.3) is 0 Å². The van der Waals surface area contributed by atoms with Gasteiger partial charge in [-0.2, -0.15) is 0 Å². The second kappa shape index (κ2) is 8.34. The lowest BCUT2D eigenvalue weighted by Crippen LogP contribution is -2.50. The van der Waals surface area contributed by atoms with E-state index in [9.17, 15) is 14.4 Å². The fourth-order valence-corrected chi connectivity index (χ4v) is 1.56. The van der Waals surface area contributed by atoms with E-state index in [1.54, 1.807) is 6.92 Å². The second-order valence-electron chi connectivity index (χ2n) is 4.56. The summed E-state index contributed by atoms with van der Waals surface area (Å²) in [7, 11) is 1.25. The Kier molecular flexibility index (Phi) is 7.55. The van der Waals surface area contributed by atoms with Crippen LogP contribution >= 0.6 is 0 Å². The number of carboxylic acids is 1. The van der Waals surface area contributed by atoms with Gasteiger partial charge < -0.3 is 20.1 Å². The number of hydrogen-bond acceptors (Lipinski definition) is 4. The molecule has 0 bridgehead atoms. The van der Waals surface area contributed by atoms with E-state index in [1.165, 1.54) is 7.11 Å². The lowest BCUT2D eigenvalue weighted by molar-refractivity contribution is -0.143. The van der Waals surface area contributed by atoms with Crippen LogP contribution < -0.4 is 5.32 Å². The molecule has 0 heterocycles. The molecule has 0 aliphatic heterocycles. The molecule has 0 rings (SSSR count). The summed E-state index contributed by atoms with van der Waals surface area (Å²) in [6.07, 6.45) is 0.434. The largest absolute Gasteiger partial charge is 0.480 e. The highest BCUT2D eigenvalue weighted by atomic mass is 16.5. The molecule has 0 fully saturated rings. The summed E-state index contributed by atoms with van der Waals surface area (Å²) in [5.74, 6) is -1.44. The third-order valence-corrected chi connectivity index (χ3v) is 2.49. The van der Waals surface area contributed by atoms with Gasteiger partial charge in [-0.05, 0) is 19.3 Å². The van der Waals surface area contributed by atoms with Crippen LogP contribution in [-0.2, 0) is 14.3 Å². The zero-order chi connectivity index (χ0) is 15.0. The average Bonchev–Trinajstić information content (AvgIpc) is 2.33. The highest BCUT2D eigenvalue weighted by Crippen LogP contribution is 2.07. The molecule has 0 aromatic rings. The number of aliphatic carboxylic acids is 1. The van der Waals surface area contributed by atoms with Gasteiger partial charge in [0.05, 0.1) is 7.11 Å². The Bertz CT molecular complexity index is 330. The van der Waals surface area contributed by atoms with E-state index in [-0.39, 0.29) is 12.5 Å². The maximum Gasteiger partial charge on any atom is 0.328 e. The van der Waals surface area contributed by atoms with Gasteiger partial charge in [0.15, 0.2) is 0 Å². The molecule has 0 radical (unpaired) electrons. The minimum Gasteiger partial charge on any atom is -0.480 e. The van der Waals surface area contributed by atoms with Gasteiger partial charge in [0, 0.05) is 6.54 Å². The summed E-state index contributed by atoms with van der Waals surface area (Å²) in [5.41, 5.74) is 0. The number of hydrogen-bond donors (Lipinski definition) is 2. The molecule has 19 heavy (non-hydrogen) atoms. The average molecular weight is 274 g/mol. The molecule has 1 atom stereocenters. The summed E-state index contributed by atoms with van der Waals surface area (Å²) in [4.78, 5) is 35.1. The Morgan fingerprint density at radius 1 is 1.32 bits per heavy atom. The molecule has 0 aromatic heterocycles. The molecule has 2 N–H and O–H groups in total. The highest BCUT2D eigenvalue weighted by Gasteiger charge is 2.25. The van der Waals surface area contributed by atoms with E-state index in [1.807, 2.05) is 13.8 Å². The zero-order valence-corrected chi connectivity index (χ0v) is 11.8. The van der Waals surface area contributed by atoms with Gasteiger partial charge in [-0.3, -0.25) is 4.79 Å². The SMILES string of the molecule is CCN(CC(=O)O)C(=O)NC(CC(C)C)C(=O)OC. The number of rotatable bonds is 7. The van der Waals surface area contributed by atoms with Crippen molar-refractivity contribution < 1.29 is 24.2 Å². The number of nitrogens with zero attached hydrogens (tertiary/aromatic N) is 1. The van der Waals surface area contributed by atoms with Crippen LogP contribution in [0.4, 0.5) is 4.79 Å². The molecule has 110 valence electrons. The van der Waals surface area contributed by atoms with Gasteiger partial charge in [-0.1, -0.05) is 13.8 Å². The Balaban J connectivity index is 4.67. The van der Waals surface area contributed by atoms with Crippen molar-refractivity contribution in [3.05, 3.63) is 0 Å². The number of methoxy groups -OCH3 is 1. The van der Waals surface area contributed by atoms with E-state index in [0.717, 1.165) is 4.90 Å². The van der Waals surface area contributed by atoms with E-state index in [2.05, 4.69) is 10.1 Å². The van der Waals surface area contributed by atoms with Crippen molar-refractivity contribution in [3.63, 3.8) is 0 Å². The number of carbonyl (C=O) groups is 3. The molecule has 7 heteroatoms. The van der Waals surface area contributed by atoms with Crippen LogP contribution in [0.2, 0.25) is 0 Å². The molecule has 0 saturated carbocycles. The van der Waals surface area contributed by atoms with Crippen LogP contribution in [0.3, 0.4) is 0 Å². The Morgan fingerprint density at radius 2 is 1.89 bits per heavy atom. The van der Waals surface area contributed by atoms with Gasteiger partial charge in [0.25, 0.3) is 0 Å². The van der Waals surface area contributed by atoms with Gasteiger partial charge in [-0.15, -0.1) is 0 Å². The van der Waals surface area contributed by atoms with Crippen LogP contribution in [-0.4, -0.2) is 54.2 Å². The van der Waals surface area contributed by atoms with E-state index in [0.29, 0.717) is 6.42 Å². The Hall–Kier alpha value is -1.79. The normalized spacial score (nSPS) is 11.8. The number of carbonyl (C=O) groups excluding carboxylic acids is 2. The number of urea groups is 1. The van der Waals surface area contributed by atoms with E-state index < -0.39 is 30.6 Å². The van der Waals surface area contributed by atoms with Crippen molar-refractivity contribution in [1.82, 2.24) is 10.2 Å². The molecular formula is C12H22N2O5. The van der Waals surface area contributed by atoms with E-state index in [4.69, 9.17) is 5.11 Å². The van der Waals surface area contributed by atoms with Crippen molar-refractivity contribution in [3.8, 4) is 0 Å². The van der Waals surface area contributed by atoms with Crippen molar-refractivity contribution in [1.29, 1.82) is 0 Å². The minimum atomic E-state index is -1.10. The number of esters is 1. The van der Waals surface area contributed by atoms with Crippen molar-refractivity contribution in [2.24, 2.45) is 5.92 Å². The second-order valence-corrected chi connectivity index (χ2v) is 4.56.